The van der Waals surface area contributed by atoms with E-state index in [2.05, 4.69) is 20.9 Å². The molecule has 1 aromatic carbocycles. The summed E-state index contributed by atoms with van der Waals surface area (Å²) in [6.45, 7) is 0. The van der Waals surface area contributed by atoms with Crippen LogP contribution in [0.2, 0.25) is 0 Å². The van der Waals surface area contributed by atoms with Crippen LogP contribution in [0.3, 0.4) is 0 Å². The summed E-state index contributed by atoms with van der Waals surface area (Å²) in [5, 5.41) is 13.0. The second-order valence-corrected chi connectivity index (χ2v) is 5.73. The zero-order chi connectivity index (χ0) is 13.4. The largest absolute Gasteiger partial charge is 0.831 e. The highest BCUT2D eigenvalue weighted by Crippen LogP contribution is 2.24. The molecule has 0 radical (unpaired) electrons. The van der Waals surface area contributed by atoms with Crippen LogP contribution in [0.4, 0.5) is 0 Å². The molecular weight excluding hydrogens is 328 g/mol. The van der Waals surface area contributed by atoms with E-state index in [9.17, 15) is 9.90 Å². The van der Waals surface area contributed by atoms with Crippen molar-refractivity contribution in [2.75, 3.05) is 0 Å². The van der Waals surface area contributed by atoms with Crippen molar-refractivity contribution in [1.29, 1.82) is 0 Å². The summed E-state index contributed by atoms with van der Waals surface area (Å²) in [6, 6.07) is 7.83. The summed E-state index contributed by atoms with van der Waals surface area (Å²) in [5.41, 5.74) is 0. The van der Waals surface area contributed by atoms with Gasteiger partial charge in [0.2, 0.25) is 0 Å². The van der Waals surface area contributed by atoms with Gasteiger partial charge in [-0.25, -0.2) is 4.57 Å². The molecule has 2 heterocycles. The third kappa shape index (κ3) is 2.13. The second kappa shape index (κ2) is 4.71. The van der Waals surface area contributed by atoms with Crippen molar-refractivity contribution in [2.45, 2.75) is 0 Å². The molecule has 3 aromatic rings. The average Bonchev–Trinajstić information content (AvgIpc) is 2.80. The molecule has 4 nitrogen and oxygen atoms in total. The maximum atomic E-state index is 11.3. The molecule has 3 rings (SSSR count). The molecule has 0 saturated carbocycles. The zero-order valence-electron chi connectivity index (χ0n) is 9.54. The van der Waals surface area contributed by atoms with Gasteiger partial charge in [0.25, 0.3) is 0 Å². The Labute approximate surface area is 121 Å². The highest BCUT2D eigenvalue weighted by atomic mass is 79.9. The molecule has 0 aliphatic rings. The van der Waals surface area contributed by atoms with Crippen LogP contribution in [0.25, 0.3) is 16.6 Å². The van der Waals surface area contributed by atoms with Crippen molar-refractivity contribution in [2.24, 2.45) is 0 Å². The molecule has 0 bridgehead atoms. The molecule has 0 aliphatic heterocycles. The number of pyridine rings is 1. The Balaban J connectivity index is 2.28. The first-order valence-corrected chi connectivity index (χ1v) is 7.03. The molecule has 0 amide bonds. The number of aldehydes is 1. The normalized spacial score (nSPS) is 10.8. The minimum absolute atomic E-state index is 0.331. The van der Waals surface area contributed by atoms with Crippen molar-refractivity contribution >= 4 is 44.3 Å². The minimum atomic E-state index is -0.367. The standard InChI is InChI=1S/C13H7BrN2O2S/c14-10-6-16(5-8-3-1-2-4-9(8)10)12-11(7-17)19-13(18)15-12/h1-7H. The quantitative estimate of drug-likeness (QED) is 0.533. The molecule has 0 N–H and O–H groups in total. The molecule has 94 valence electrons. The Morgan fingerprint density at radius 1 is 1.32 bits per heavy atom. The van der Waals surface area contributed by atoms with Crippen LogP contribution in [0.15, 0.2) is 41.1 Å². The number of hydrogen-bond donors (Lipinski definition) is 0. The van der Waals surface area contributed by atoms with E-state index in [4.69, 9.17) is 0 Å². The molecule has 0 fully saturated rings. The topological polar surface area (TPSA) is 56.9 Å². The van der Waals surface area contributed by atoms with Crippen LogP contribution in [0.1, 0.15) is 9.67 Å². The summed E-state index contributed by atoms with van der Waals surface area (Å²) in [6.07, 6.45) is 4.30. The molecule has 0 saturated heterocycles. The van der Waals surface area contributed by atoms with E-state index in [0.29, 0.717) is 17.0 Å². The van der Waals surface area contributed by atoms with E-state index >= 15 is 0 Å². The lowest BCUT2D eigenvalue weighted by Crippen LogP contribution is -2.31. The fourth-order valence-electron chi connectivity index (χ4n) is 1.89. The third-order valence-electron chi connectivity index (χ3n) is 2.72. The summed E-state index contributed by atoms with van der Waals surface area (Å²) in [5.74, 6) is 0.372. The lowest BCUT2D eigenvalue weighted by molar-refractivity contribution is -0.598. The Morgan fingerprint density at radius 3 is 2.89 bits per heavy atom. The summed E-state index contributed by atoms with van der Waals surface area (Å²) in [4.78, 5) is 15.2. The van der Waals surface area contributed by atoms with Gasteiger partial charge in [-0.1, -0.05) is 35.6 Å². The molecule has 2 aromatic heterocycles. The van der Waals surface area contributed by atoms with Gasteiger partial charge in [0.15, 0.2) is 16.4 Å². The fourth-order valence-corrected chi connectivity index (χ4v) is 3.09. The number of carbonyl (C=O) groups excluding carboxylic acids is 1. The van der Waals surface area contributed by atoms with Crippen molar-refractivity contribution < 1.29 is 14.5 Å². The van der Waals surface area contributed by atoms with Gasteiger partial charge in [-0.3, -0.25) is 4.79 Å². The minimum Gasteiger partial charge on any atom is -0.831 e. The fraction of sp³-hybridized carbons (Fsp3) is 0. The first-order valence-electron chi connectivity index (χ1n) is 5.42. The SMILES string of the molecule is O=Cc1sc([O-])nc1-[n+]1cc(Br)c2ccccc2c1. The Kier molecular flexibility index (Phi) is 3.04. The van der Waals surface area contributed by atoms with Crippen molar-refractivity contribution in [3.8, 4) is 11.0 Å². The number of nitrogens with zero attached hydrogens (tertiary/aromatic N) is 2. The molecule has 0 spiro atoms. The maximum Gasteiger partial charge on any atom is 0.348 e. The number of aromatic nitrogens is 2. The van der Waals surface area contributed by atoms with Gasteiger partial charge in [0.1, 0.15) is 12.4 Å². The van der Waals surface area contributed by atoms with Crippen LogP contribution in [0, 0.1) is 0 Å². The third-order valence-corrected chi connectivity index (χ3v) is 4.11. The van der Waals surface area contributed by atoms with E-state index < -0.39 is 0 Å². The Morgan fingerprint density at radius 2 is 2.11 bits per heavy atom. The smallest absolute Gasteiger partial charge is 0.348 e. The first kappa shape index (κ1) is 12.3. The lowest BCUT2D eigenvalue weighted by Gasteiger charge is -2.01. The van der Waals surface area contributed by atoms with Crippen molar-refractivity contribution in [3.05, 3.63) is 46.0 Å². The predicted molar refractivity (Wildman–Crippen MR) is 73.7 cm³/mol. The van der Waals surface area contributed by atoms with Crippen LogP contribution < -0.4 is 9.67 Å². The average molecular weight is 335 g/mol. The Bertz CT molecular complexity index is 785. The second-order valence-electron chi connectivity index (χ2n) is 3.89. The number of halogens is 1. The van der Waals surface area contributed by atoms with Crippen LogP contribution in [0.5, 0.6) is 5.19 Å². The van der Waals surface area contributed by atoms with E-state index in [1.165, 1.54) is 0 Å². The number of thiazole rings is 1. The van der Waals surface area contributed by atoms with Crippen LogP contribution in [-0.2, 0) is 0 Å². The number of carbonyl (C=O) groups is 1. The highest BCUT2D eigenvalue weighted by molar-refractivity contribution is 9.10. The zero-order valence-corrected chi connectivity index (χ0v) is 11.9. The van der Waals surface area contributed by atoms with Gasteiger partial charge >= 0.3 is 5.82 Å². The summed E-state index contributed by atoms with van der Waals surface area (Å²) < 4.78 is 2.57. The van der Waals surface area contributed by atoms with E-state index in [0.717, 1.165) is 26.6 Å². The van der Waals surface area contributed by atoms with Crippen LogP contribution in [-0.4, -0.2) is 11.3 Å². The van der Waals surface area contributed by atoms with Gasteiger partial charge < -0.3 is 5.11 Å². The molecule has 0 atom stereocenters. The van der Waals surface area contributed by atoms with E-state index in [1.807, 2.05) is 30.5 Å². The molecule has 6 heteroatoms. The number of benzene rings is 1. The van der Waals surface area contributed by atoms with Gasteiger partial charge in [-0.2, -0.15) is 0 Å². The molecule has 0 aliphatic carbocycles. The number of rotatable bonds is 2. The first-order chi connectivity index (χ1) is 9.19. The predicted octanol–water partition coefficient (Wildman–Crippen LogP) is 2.22. The Hall–Kier alpha value is -1.79. The molecule has 19 heavy (non-hydrogen) atoms. The van der Waals surface area contributed by atoms with E-state index in [1.54, 1.807) is 10.8 Å². The maximum absolute atomic E-state index is 11.3. The van der Waals surface area contributed by atoms with Gasteiger partial charge in [-0.15, -0.1) is 0 Å². The highest BCUT2D eigenvalue weighted by Gasteiger charge is 2.19. The van der Waals surface area contributed by atoms with Gasteiger partial charge in [0.05, 0.1) is 4.47 Å². The number of fused-ring (bicyclic) bond motifs is 1. The summed E-state index contributed by atoms with van der Waals surface area (Å²) in [7, 11) is 0. The number of hydrogen-bond acceptors (Lipinski definition) is 4. The van der Waals surface area contributed by atoms with E-state index in [-0.39, 0.29) is 5.19 Å². The van der Waals surface area contributed by atoms with Crippen molar-refractivity contribution in [1.82, 2.24) is 4.98 Å². The summed E-state index contributed by atoms with van der Waals surface area (Å²) >= 11 is 4.34. The monoisotopic (exact) mass is 334 g/mol. The van der Waals surface area contributed by atoms with Crippen LogP contribution >= 0.6 is 27.3 Å². The lowest BCUT2D eigenvalue weighted by atomic mass is 10.2. The molecule has 0 unspecified atom stereocenters. The van der Waals surface area contributed by atoms with Gasteiger partial charge in [-0.05, 0) is 20.9 Å². The molecular formula is C13H7BrN2O2S. The van der Waals surface area contributed by atoms with Crippen molar-refractivity contribution in [3.63, 3.8) is 0 Å². The van der Waals surface area contributed by atoms with Gasteiger partial charge in [0, 0.05) is 10.8 Å².